The first-order valence-electron chi connectivity index (χ1n) is 18.0. The van der Waals surface area contributed by atoms with Crippen LogP contribution in [0.15, 0.2) is 24.3 Å². The molecule has 19 heteroatoms. The Morgan fingerprint density at radius 2 is 1.28 bits per heavy atom. The molecule has 54 heavy (non-hydrogen) atoms. The van der Waals surface area contributed by atoms with E-state index in [-0.39, 0.29) is 49.3 Å². The summed E-state index contributed by atoms with van der Waals surface area (Å²) in [6.45, 7) is 3.95. The number of amides is 2. The minimum absolute atomic E-state index is 0.145. The number of aliphatic hydroxyl groups excluding tert-OH is 1. The number of aliphatic hydroxyl groups is 1. The lowest BCUT2D eigenvalue weighted by molar-refractivity contribution is -0.141. The standard InChI is InChI=1S/C18H21FN2O5S.C15H18FN3O3S.CH3I.CH4O/c1-24-17(22)3-2-15-14-10-25-16-9-12(20-4-6-27-7-5-20)11(19)8-13(16)21(14)18(23)26-15;16-9-5-11-13(6-10(9)18-1-3-23-4-2-18)21-8-12-14(7-17)22-15(20)19(11)12;2*1-2/h8-9,14-15H,2-7,10H2,1H3;5-6,12,14H,1-4,7-8,17H2;1H3;2H,1H3/t14-,15-;12-,14-;;/m11../s1/i;;1D;. The number of alkyl halides is 1. The number of esters is 1. The van der Waals surface area contributed by atoms with Crippen LogP contribution in [0.2, 0.25) is 0 Å². The Morgan fingerprint density at radius 3 is 1.70 bits per heavy atom. The zero-order chi connectivity index (χ0) is 39.6. The summed E-state index contributed by atoms with van der Waals surface area (Å²) in [4.78, 5) is 43.3. The summed E-state index contributed by atoms with van der Waals surface area (Å²) >= 11 is 5.67. The minimum Gasteiger partial charge on any atom is -0.489 e. The average molecular weight is 911 g/mol. The zero-order valence-corrected chi connectivity index (χ0v) is 33.8. The van der Waals surface area contributed by atoms with Gasteiger partial charge in [-0.15, -0.1) is 0 Å². The molecule has 2 amide bonds. The molecule has 6 aliphatic rings. The number of benzene rings is 2. The Hall–Kier alpha value is -3.14. The van der Waals surface area contributed by atoms with Gasteiger partial charge in [0.25, 0.3) is 0 Å². The van der Waals surface area contributed by atoms with Gasteiger partial charge in [0.05, 0.1) is 29.9 Å². The molecule has 4 saturated heterocycles. The molecule has 0 bridgehead atoms. The molecule has 2 aromatic rings. The van der Waals surface area contributed by atoms with E-state index >= 15 is 0 Å². The van der Waals surface area contributed by atoms with Gasteiger partial charge in [-0.25, -0.2) is 18.4 Å². The molecule has 0 aromatic heterocycles. The molecule has 3 N–H and O–H groups in total. The number of carbonyl (C=O) groups excluding carboxylic acids is 3. The molecule has 4 atom stereocenters. The molecule has 2 aromatic carbocycles. The summed E-state index contributed by atoms with van der Waals surface area (Å²) in [5.74, 6) is 3.79. The van der Waals surface area contributed by atoms with Crippen LogP contribution in [0.3, 0.4) is 0 Å². The van der Waals surface area contributed by atoms with Gasteiger partial charge < -0.3 is 44.3 Å². The number of hydrogen-bond acceptors (Lipinski definition) is 14. The highest BCUT2D eigenvalue weighted by Gasteiger charge is 2.48. The van der Waals surface area contributed by atoms with Crippen molar-refractivity contribution in [2.75, 3.05) is 108 Å². The molecule has 8 rings (SSSR count). The number of thioether (sulfide) groups is 2. The molecule has 4 fully saturated rings. The van der Waals surface area contributed by atoms with Gasteiger partial charge in [0, 0.05) is 94.9 Å². The van der Waals surface area contributed by atoms with Crippen molar-refractivity contribution in [1.82, 2.24) is 0 Å². The highest BCUT2D eigenvalue weighted by atomic mass is 127. The van der Waals surface area contributed by atoms with Crippen molar-refractivity contribution in [2.45, 2.75) is 37.1 Å². The molecule has 298 valence electrons. The zero-order valence-electron chi connectivity index (χ0n) is 31.0. The van der Waals surface area contributed by atoms with E-state index in [1.54, 1.807) is 12.1 Å². The third-order valence-electron chi connectivity index (χ3n) is 9.61. The molecule has 14 nitrogen and oxygen atoms in total. The maximum Gasteiger partial charge on any atom is 0.415 e. The monoisotopic (exact) mass is 910 g/mol. The fourth-order valence-corrected chi connectivity index (χ4v) is 8.79. The van der Waals surface area contributed by atoms with Crippen LogP contribution in [0.4, 0.5) is 41.1 Å². The van der Waals surface area contributed by atoms with E-state index in [0.717, 1.165) is 56.3 Å². The SMILES string of the molecule is CO.COC(=O)CC[C@H]1OC(=O)N2c3cc(F)c(N4CCSCC4)cc3OC[C@H]12.NC[C@H]1OC(=O)N2c3cc(F)c(N4CCSCC4)cc3OC[C@H]12.[2H]CI. The normalized spacial score (nSPS) is 23.7. The summed E-state index contributed by atoms with van der Waals surface area (Å²) in [6.07, 6.45) is -1.46. The number of cyclic esters (lactones) is 2. The third-order valence-corrected chi connectivity index (χ3v) is 11.5. The lowest BCUT2D eigenvalue weighted by Gasteiger charge is -2.34. The van der Waals surface area contributed by atoms with Crippen LogP contribution in [0, 0.1) is 11.6 Å². The third kappa shape index (κ3) is 8.94. The number of methoxy groups -OCH3 is 1. The number of fused-ring (bicyclic) bond motifs is 6. The van der Waals surface area contributed by atoms with Crippen LogP contribution in [0.1, 0.15) is 14.2 Å². The van der Waals surface area contributed by atoms with Gasteiger partial charge in [-0.3, -0.25) is 14.6 Å². The van der Waals surface area contributed by atoms with Gasteiger partial charge in [-0.05, 0) is 11.3 Å². The topological polar surface area (TPSA) is 157 Å². The second kappa shape index (κ2) is 19.6. The maximum absolute atomic E-state index is 14.8. The van der Waals surface area contributed by atoms with E-state index in [4.69, 9.17) is 31.2 Å². The molecule has 0 radical (unpaired) electrons. The molecule has 0 spiro atoms. The second-order valence-corrected chi connectivity index (χ2v) is 14.9. The Kier molecular flexibility index (Phi) is 14.7. The Morgan fingerprint density at radius 1 is 0.852 bits per heavy atom. The van der Waals surface area contributed by atoms with E-state index < -0.39 is 24.4 Å². The van der Waals surface area contributed by atoms with Gasteiger partial charge in [0.15, 0.2) is 0 Å². The van der Waals surface area contributed by atoms with Crippen molar-refractivity contribution in [2.24, 2.45) is 5.73 Å². The number of ether oxygens (including phenoxy) is 5. The average Bonchev–Trinajstić information content (AvgIpc) is 3.73. The van der Waals surface area contributed by atoms with Crippen LogP contribution < -0.4 is 34.8 Å². The van der Waals surface area contributed by atoms with Crippen LogP contribution in [0.5, 0.6) is 11.5 Å². The predicted molar refractivity (Wildman–Crippen MR) is 214 cm³/mol. The molecule has 6 aliphatic heterocycles. The van der Waals surface area contributed by atoms with Crippen molar-refractivity contribution in [3.8, 4) is 11.5 Å². The summed E-state index contributed by atoms with van der Waals surface area (Å²) in [5.41, 5.74) is 7.47. The number of nitrogens with two attached hydrogens (primary N) is 1. The number of hydrogen-bond donors (Lipinski definition) is 2. The first-order chi connectivity index (χ1) is 26.7. The molecule has 0 unspecified atom stereocenters. The lowest BCUT2D eigenvalue weighted by atomic mass is 10.0. The van der Waals surface area contributed by atoms with E-state index in [0.29, 0.717) is 52.2 Å². The first-order valence-corrected chi connectivity index (χ1v) is 21.2. The van der Waals surface area contributed by atoms with E-state index in [9.17, 15) is 23.2 Å². The minimum atomic E-state index is -0.541. The summed E-state index contributed by atoms with van der Waals surface area (Å²) in [5, 5.41) is 7.00. The van der Waals surface area contributed by atoms with Gasteiger partial charge in [-0.1, -0.05) is 22.6 Å². The highest BCUT2D eigenvalue weighted by molar-refractivity contribution is 14.1. The Bertz CT molecular complexity index is 1660. The van der Waals surface area contributed by atoms with Crippen LogP contribution in [-0.4, -0.2) is 136 Å². The Labute approximate surface area is 336 Å². The summed E-state index contributed by atoms with van der Waals surface area (Å²) in [6, 6.07) is 5.41. The molecular weight excluding hydrogens is 863 g/mol. The largest absolute Gasteiger partial charge is 0.489 e. The predicted octanol–water partition coefficient (Wildman–Crippen LogP) is 4.50. The number of rotatable bonds is 6. The number of nitrogens with zero attached hydrogens (tertiary/aromatic N) is 4. The molecule has 0 saturated carbocycles. The molecule has 6 heterocycles. The van der Waals surface area contributed by atoms with Crippen molar-refractivity contribution in [3.05, 3.63) is 35.9 Å². The molecular formula is C35H46F2IN5O9S2. The lowest BCUT2D eigenvalue weighted by Crippen LogP contribution is -2.46. The van der Waals surface area contributed by atoms with Crippen molar-refractivity contribution in [3.63, 3.8) is 0 Å². The van der Waals surface area contributed by atoms with Crippen LogP contribution in [-0.2, 0) is 19.0 Å². The van der Waals surface area contributed by atoms with E-state index in [2.05, 4.69) is 4.74 Å². The van der Waals surface area contributed by atoms with Crippen molar-refractivity contribution < 1.29 is 53.3 Å². The Balaban J connectivity index is 0.000000191. The van der Waals surface area contributed by atoms with Crippen LogP contribution >= 0.6 is 46.1 Å². The van der Waals surface area contributed by atoms with E-state index in [1.165, 1.54) is 29.0 Å². The highest BCUT2D eigenvalue weighted by Crippen LogP contribution is 2.44. The van der Waals surface area contributed by atoms with Crippen molar-refractivity contribution in [1.29, 1.82) is 0 Å². The van der Waals surface area contributed by atoms with Gasteiger partial charge in [-0.2, -0.15) is 23.5 Å². The number of anilines is 4. The number of halogens is 3. The summed E-state index contributed by atoms with van der Waals surface area (Å²) in [7, 11) is 2.32. The first kappa shape index (κ1) is 40.5. The summed E-state index contributed by atoms with van der Waals surface area (Å²) < 4.78 is 62.5. The van der Waals surface area contributed by atoms with E-state index in [1.807, 2.05) is 55.9 Å². The quantitative estimate of drug-likeness (QED) is 0.181. The van der Waals surface area contributed by atoms with Crippen molar-refractivity contribution >= 4 is 87.0 Å². The fraction of sp³-hybridized carbons (Fsp3) is 0.571. The van der Waals surface area contributed by atoms with Gasteiger partial charge in [0.2, 0.25) is 0 Å². The van der Waals surface area contributed by atoms with Crippen LogP contribution in [0.25, 0.3) is 0 Å². The van der Waals surface area contributed by atoms with Gasteiger partial charge >= 0.3 is 18.2 Å². The second-order valence-electron chi connectivity index (χ2n) is 12.4. The molecule has 0 aliphatic carbocycles. The number of carbonyl (C=O) groups is 3. The van der Waals surface area contributed by atoms with Gasteiger partial charge in [0.1, 0.15) is 60.6 Å². The maximum atomic E-state index is 14.8. The smallest absolute Gasteiger partial charge is 0.415 e. The fourth-order valence-electron chi connectivity index (χ4n) is 6.98.